The van der Waals surface area contributed by atoms with E-state index in [2.05, 4.69) is 40.4 Å². The number of allylic oxidation sites excluding steroid dienone is 2. The number of hydrogen-bond acceptors (Lipinski definition) is 5. The van der Waals surface area contributed by atoms with Crippen molar-refractivity contribution in [1.29, 1.82) is 0 Å². The summed E-state index contributed by atoms with van der Waals surface area (Å²) in [4.78, 5) is 0.249. The number of halogens is 1. The lowest BCUT2D eigenvalue weighted by atomic mass is 9.77. The summed E-state index contributed by atoms with van der Waals surface area (Å²) in [6.07, 6.45) is 5.66. The van der Waals surface area contributed by atoms with Crippen molar-refractivity contribution >= 4 is 44.8 Å². The molecule has 0 spiro atoms. The van der Waals surface area contributed by atoms with Crippen molar-refractivity contribution in [2.45, 2.75) is 29.4 Å². The summed E-state index contributed by atoms with van der Waals surface area (Å²) < 4.78 is 35.0. The van der Waals surface area contributed by atoms with Gasteiger partial charge in [0.05, 0.1) is 10.9 Å². The third-order valence-corrected chi connectivity index (χ3v) is 9.71. The fourth-order valence-corrected chi connectivity index (χ4v) is 6.84. The first-order valence-electron chi connectivity index (χ1n) is 11.7. The van der Waals surface area contributed by atoms with Gasteiger partial charge in [0.1, 0.15) is 11.9 Å². The zero-order valence-corrected chi connectivity index (χ0v) is 21.2. The Morgan fingerprint density at radius 2 is 1.86 bits per heavy atom. The molecule has 3 atom stereocenters. The Hall–Kier alpha value is -2.61. The molecule has 0 radical (unpaired) electrons. The van der Waals surface area contributed by atoms with E-state index in [1.54, 1.807) is 36.4 Å². The van der Waals surface area contributed by atoms with Crippen LogP contribution < -0.4 is 14.8 Å². The lowest BCUT2D eigenvalue weighted by Gasteiger charge is -2.38. The van der Waals surface area contributed by atoms with Gasteiger partial charge in [-0.1, -0.05) is 35.9 Å². The van der Waals surface area contributed by atoms with Crippen molar-refractivity contribution in [3.05, 3.63) is 95.0 Å². The summed E-state index contributed by atoms with van der Waals surface area (Å²) in [6.45, 7) is 0. The SMILES string of the molecule is O=S(=O)(Nc1ccc(Cl)cc1)c1ccc2c(c1)[C@H]1C=CC[C@H]1[C@@H](c1cccc(OC3CSC3)c1)N2. The Morgan fingerprint density at radius 1 is 1.03 bits per heavy atom. The molecule has 3 aliphatic rings. The van der Waals surface area contributed by atoms with Gasteiger partial charge in [0.25, 0.3) is 10.0 Å². The molecular weight excluding hydrogens is 500 g/mol. The molecule has 6 rings (SSSR count). The number of benzene rings is 3. The van der Waals surface area contributed by atoms with Gasteiger partial charge in [-0.25, -0.2) is 8.42 Å². The standard InChI is InChI=1S/C27H25ClN2O3S2/c28-18-7-9-19(10-8-18)30-35(31,32)22-11-12-26-25(14-22)23-5-2-6-24(23)27(29-26)17-3-1-4-20(13-17)33-21-15-34-16-21/h1-5,7-14,21,23-24,27,29-30H,6,15-16H2/t23-,24+,27+/m0/s1. The van der Waals surface area contributed by atoms with Crippen molar-refractivity contribution in [3.63, 3.8) is 0 Å². The highest BCUT2D eigenvalue weighted by Crippen LogP contribution is 2.50. The zero-order valence-electron chi connectivity index (χ0n) is 18.9. The van der Waals surface area contributed by atoms with Crippen molar-refractivity contribution in [3.8, 4) is 5.75 Å². The summed E-state index contributed by atoms with van der Waals surface area (Å²) in [6, 6.07) is 20.5. The minimum Gasteiger partial charge on any atom is -0.489 e. The Labute approximate surface area is 215 Å². The first kappa shape index (κ1) is 22.8. The molecular formula is C27H25ClN2O3S2. The maximum Gasteiger partial charge on any atom is 0.261 e. The van der Waals surface area contributed by atoms with Crippen molar-refractivity contribution in [2.75, 3.05) is 21.5 Å². The van der Waals surface area contributed by atoms with Crippen LogP contribution in [0.4, 0.5) is 11.4 Å². The Balaban J connectivity index is 1.28. The van der Waals surface area contributed by atoms with Crippen LogP contribution in [0, 0.1) is 5.92 Å². The van der Waals surface area contributed by atoms with E-state index in [4.69, 9.17) is 16.3 Å². The van der Waals surface area contributed by atoms with Gasteiger partial charge in [0.2, 0.25) is 0 Å². The number of hydrogen-bond donors (Lipinski definition) is 2. The molecule has 8 heteroatoms. The topological polar surface area (TPSA) is 67.4 Å². The second-order valence-corrected chi connectivity index (χ2v) is 12.4. The normalized spacial score (nSPS) is 23.1. The molecule has 35 heavy (non-hydrogen) atoms. The number of fused-ring (bicyclic) bond motifs is 3. The van der Waals surface area contributed by atoms with Crippen LogP contribution in [0.3, 0.4) is 0 Å². The van der Waals surface area contributed by atoms with Gasteiger partial charge in [-0.2, -0.15) is 11.8 Å². The van der Waals surface area contributed by atoms with Gasteiger partial charge in [0.15, 0.2) is 0 Å². The first-order chi connectivity index (χ1) is 17.0. The van der Waals surface area contributed by atoms with E-state index in [1.165, 1.54) is 5.56 Å². The number of ether oxygens (including phenoxy) is 1. The quantitative estimate of drug-likeness (QED) is 0.362. The van der Waals surface area contributed by atoms with E-state index in [9.17, 15) is 8.42 Å². The van der Waals surface area contributed by atoms with Gasteiger partial charge < -0.3 is 10.1 Å². The smallest absolute Gasteiger partial charge is 0.261 e. The number of anilines is 2. The Bertz CT molecular complexity index is 1390. The molecule has 2 aliphatic heterocycles. The maximum atomic E-state index is 13.1. The molecule has 2 heterocycles. The highest BCUT2D eigenvalue weighted by atomic mass is 35.5. The third-order valence-electron chi connectivity index (χ3n) is 6.87. The molecule has 1 fully saturated rings. The fraction of sp³-hybridized carbons (Fsp3) is 0.259. The molecule has 0 bridgehead atoms. The second-order valence-electron chi connectivity index (χ2n) is 9.19. The molecule has 3 aromatic rings. The van der Waals surface area contributed by atoms with E-state index in [1.807, 2.05) is 23.9 Å². The van der Waals surface area contributed by atoms with Crippen LogP contribution in [0.5, 0.6) is 5.75 Å². The van der Waals surface area contributed by atoms with Crippen molar-refractivity contribution in [2.24, 2.45) is 5.92 Å². The average Bonchev–Trinajstić information content (AvgIpc) is 3.32. The van der Waals surface area contributed by atoms with Gasteiger partial charge >= 0.3 is 0 Å². The number of thioether (sulfide) groups is 1. The largest absolute Gasteiger partial charge is 0.489 e. The molecule has 0 unspecified atom stereocenters. The lowest BCUT2D eigenvalue weighted by Crippen LogP contribution is -2.31. The zero-order chi connectivity index (χ0) is 24.0. The number of rotatable bonds is 6. The van der Waals surface area contributed by atoms with E-state index in [-0.39, 0.29) is 16.9 Å². The summed E-state index contributed by atoms with van der Waals surface area (Å²) in [5, 5.41) is 4.25. The van der Waals surface area contributed by atoms with Crippen LogP contribution in [-0.4, -0.2) is 26.0 Å². The lowest BCUT2D eigenvalue weighted by molar-refractivity contribution is 0.240. The fourth-order valence-electron chi connectivity index (χ4n) is 5.06. The summed E-state index contributed by atoms with van der Waals surface area (Å²) in [5.74, 6) is 3.46. The molecule has 5 nitrogen and oxygen atoms in total. The van der Waals surface area contributed by atoms with Gasteiger partial charge in [-0.3, -0.25) is 4.72 Å². The molecule has 1 aliphatic carbocycles. The molecule has 1 saturated heterocycles. The third kappa shape index (κ3) is 4.53. The van der Waals surface area contributed by atoms with Crippen LogP contribution in [0.1, 0.15) is 29.5 Å². The predicted molar refractivity (Wildman–Crippen MR) is 143 cm³/mol. The van der Waals surface area contributed by atoms with Gasteiger partial charge in [0, 0.05) is 33.8 Å². The Kier molecular flexibility index (Phi) is 5.95. The van der Waals surface area contributed by atoms with E-state index in [0.717, 1.165) is 34.9 Å². The van der Waals surface area contributed by atoms with Gasteiger partial charge in [-0.05, 0) is 78.1 Å². The number of nitrogens with one attached hydrogen (secondary N) is 2. The molecule has 0 aromatic heterocycles. The summed E-state index contributed by atoms with van der Waals surface area (Å²) in [5.41, 5.74) is 3.65. The predicted octanol–water partition coefficient (Wildman–Crippen LogP) is 6.46. The summed E-state index contributed by atoms with van der Waals surface area (Å²) >= 11 is 7.84. The maximum absolute atomic E-state index is 13.1. The van der Waals surface area contributed by atoms with E-state index < -0.39 is 10.0 Å². The minimum absolute atomic E-state index is 0.122. The average molecular weight is 525 g/mol. The Morgan fingerprint density at radius 3 is 2.63 bits per heavy atom. The van der Waals surface area contributed by atoms with E-state index >= 15 is 0 Å². The van der Waals surface area contributed by atoms with Crippen molar-refractivity contribution in [1.82, 2.24) is 0 Å². The summed E-state index contributed by atoms with van der Waals surface area (Å²) in [7, 11) is -3.73. The van der Waals surface area contributed by atoms with Gasteiger partial charge in [-0.15, -0.1) is 0 Å². The molecule has 0 amide bonds. The first-order valence-corrected chi connectivity index (χ1v) is 14.7. The van der Waals surface area contributed by atoms with Crippen LogP contribution in [-0.2, 0) is 10.0 Å². The molecule has 0 saturated carbocycles. The van der Waals surface area contributed by atoms with Crippen LogP contribution in [0.25, 0.3) is 0 Å². The molecule has 3 aromatic carbocycles. The highest BCUT2D eigenvalue weighted by Gasteiger charge is 2.38. The molecule has 180 valence electrons. The monoisotopic (exact) mass is 524 g/mol. The van der Waals surface area contributed by atoms with Crippen LogP contribution >= 0.6 is 23.4 Å². The molecule has 2 N–H and O–H groups in total. The van der Waals surface area contributed by atoms with E-state index in [0.29, 0.717) is 22.7 Å². The highest BCUT2D eigenvalue weighted by molar-refractivity contribution is 8.00. The van der Waals surface area contributed by atoms with Crippen LogP contribution in [0.15, 0.2) is 83.8 Å². The van der Waals surface area contributed by atoms with Crippen molar-refractivity contribution < 1.29 is 13.2 Å². The minimum atomic E-state index is -3.73. The second kappa shape index (κ2) is 9.12. The van der Waals surface area contributed by atoms with Crippen LogP contribution in [0.2, 0.25) is 5.02 Å². The number of sulfonamides is 1.